The Bertz CT molecular complexity index is 201. The van der Waals surface area contributed by atoms with Gasteiger partial charge in [0.1, 0.15) is 0 Å². The average Bonchev–Trinajstić information content (AvgIpc) is 3.05. The normalized spacial score (nSPS) is 30.8. The van der Waals surface area contributed by atoms with Crippen LogP contribution in [0.1, 0.15) is 52.4 Å². The summed E-state index contributed by atoms with van der Waals surface area (Å²) in [5.74, 6) is 1.07. The summed E-state index contributed by atoms with van der Waals surface area (Å²) in [4.78, 5) is 2.77. The zero-order valence-corrected chi connectivity index (χ0v) is 11.0. The van der Waals surface area contributed by atoms with Gasteiger partial charge >= 0.3 is 0 Å². The molecule has 0 aromatic heterocycles. The molecule has 2 rings (SSSR count). The highest BCUT2D eigenvalue weighted by Gasteiger charge is 2.28. The van der Waals surface area contributed by atoms with Gasteiger partial charge in [0, 0.05) is 12.1 Å². The molecule has 0 radical (unpaired) electrons. The van der Waals surface area contributed by atoms with Gasteiger partial charge in [0.15, 0.2) is 0 Å². The Hall–Kier alpha value is -0.0800. The lowest BCUT2D eigenvalue weighted by atomic mass is 10.0. The summed E-state index contributed by atoms with van der Waals surface area (Å²) in [6.07, 6.45) is 8.47. The van der Waals surface area contributed by atoms with E-state index in [1.807, 2.05) is 0 Å². The van der Waals surface area contributed by atoms with Crippen LogP contribution in [0.5, 0.6) is 0 Å². The van der Waals surface area contributed by atoms with Crippen LogP contribution in [0, 0.1) is 5.92 Å². The van der Waals surface area contributed by atoms with Gasteiger partial charge < -0.3 is 10.2 Å². The van der Waals surface area contributed by atoms with Crippen molar-refractivity contribution in [1.82, 2.24) is 10.2 Å². The van der Waals surface area contributed by atoms with Gasteiger partial charge in [-0.3, -0.25) is 0 Å². The van der Waals surface area contributed by atoms with Crippen LogP contribution in [0.25, 0.3) is 0 Å². The molecule has 1 N–H and O–H groups in total. The highest BCUT2D eigenvalue weighted by Crippen LogP contribution is 2.35. The van der Waals surface area contributed by atoms with E-state index < -0.39 is 0 Å². The lowest BCUT2D eigenvalue weighted by Gasteiger charge is -2.34. The molecular weight excluding hydrogens is 196 g/mol. The topological polar surface area (TPSA) is 15.3 Å². The summed E-state index contributed by atoms with van der Waals surface area (Å²) in [6.45, 7) is 8.51. The third-order valence-corrected chi connectivity index (χ3v) is 4.25. The molecule has 1 heterocycles. The molecule has 2 atom stereocenters. The fourth-order valence-electron chi connectivity index (χ4n) is 2.88. The van der Waals surface area contributed by atoms with Gasteiger partial charge in [0.05, 0.1) is 0 Å². The quantitative estimate of drug-likeness (QED) is 0.790. The van der Waals surface area contributed by atoms with Crippen LogP contribution in [0.4, 0.5) is 0 Å². The van der Waals surface area contributed by atoms with Gasteiger partial charge in [-0.25, -0.2) is 0 Å². The number of nitrogens with zero attached hydrogens (tertiary/aromatic N) is 1. The van der Waals surface area contributed by atoms with E-state index in [4.69, 9.17) is 0 Å². The third-order valence-electron chi connectivity index (χ3n) is 4.25. The standard InChI is InChI=1S/C14H28N2/c1-3-14(11-13-5-6-13)16-9-4-8-15-12(2)7-10-16/h12-15H,3-11H2,1-2H3. The molecular formula is C14H28N2. The fourth-order valence-corrected chi connectivity index (χ4v) is 2.88. The first-order valence-corrected chi connectivity index (χ1v) is 7.27. The van der Waals surface area contributed by atoms with Gasteiger partial charge in [0.25, 0.3) is 0 Å². The molecule has 2 unspecified atom stereocenters. The van der Waals surface area contributed by atoms with E-state index in [1.54, 1.807) is 0 Å². The molecule has 1 saturated heterocycles. The molecule has 1 saturated carbocycles. The molecule has 2 nitrogen and oxygen atoms in total. The smallest absolute Gasteiger partial charge is 0.00952 e. The second kappa shape index (κ2) is 6.02. The lowest BCUT2D eigenvalue weighted by Crippen LogP contribution is -2.43. The van der Waals surface area contributed by atoms with Crippen molar-refractivity contribution >= 4 is 0 Å². The first-order valence-electron chi connectivity index (χ1n) is 7.27. The van der Waals surface area contributed by atoms with Gasteiger partial charge in [-0.1, -0.05) is 19.8 Å². The van der Waals surface area contributed by atoms with Crippen LogP contribution in [0.15, 0.2) is 0 Å². The first-order chi connectivity index (χ1) is 7.79. The number of hydrogen-bond donors (Lipinski definition) is 1. The monoisotopic (exact) mass is 224 g/mol. The maximum absolute atomic E-state index is 3.59. The summed E-state index contributed by atoms with van der Waals surface area (Å²) in [5, 5.41) is 3.59. The molecule has 0 aromatic rings. The highest BCUT2D eigenvalue weighted by atomic mass is 15.2. The molecule has 0 bridgehead atoms. The second-order valence-corrected chi connectivity index (χ2v) is 5.77. The van der Waals surface area contributed by atoms with E-state index in [2.05, 4.69) is 24.1 Å². The van der Waals surface area contributed by atoms with Crippen LogP contribution in [-0.2, 0) is 0 Å². The molecule has 0 spiro atoms. The van der Waals surface area contributed by atoms with Gasteiger partial charge in [-0.05, 0) is 58.2 Å². The highest BCUT2D eigenvalue weighted by molar-refractivity contribution is 4.82. The maximum atomic E-state index is 3.59. The Labute approximate surface area is 101 Å². The summed E-state index contributed by atoms with van der Waals surface area (Å²) in [5.41, 5.74) is 0. The Balaban J connectivity index is 1.82. The predicted octanol–water partition coefficient (Wildman–Crippen LogP) is 2.64. The summed E-state index contributed by atoms with van der Waals surface area (Å²) in [6, 6.07) is 1.58. The van der Waals surface area contributed by atoms with Crippen LogP contribution < -0.4 is 5.32 Å². The third kappa shape index (κ3) is 3.74. The van der Waals surface area contributed by atoms with Gasteiger partial charge in [-0.15, -0.1) is 0 Å². The minimum Gasteiger partial charge on any atom is -0.314 e. The number of hydrogen-bond acceptors (Lipinski definition) is 2. The minimum atomic E-state index is 0.709. The van der Waals surface area contributed by atoms with Crippen molar-refractivity contribution in [3.05, 3.63) is 0 Å². The van der Waals surface area contributed by atoms with E-state index >= 15 is 0 Å². The van der Waals surface area contributed by atoms with Crippen molar-refractivity contribution in [3.63, 3.8) is 0 Å². The van der Waals surface area contributed by atoms with E-state index in [9.17, 15) is 0 Å². The van der Waals surface area contributed by atoms with E-state index in [-0.39, 0.29) is 0 Å². The minimum absolute atomic E-state index is 0.709. The Kier molecular flexibility index (Phi) is 4.66. The lowest BCUT2D eigenvalue weighted by molar-refractivity contribution is 0.156. The average molecular weight is 224 g/mol. The maximum Gasteiger partial charge on any atom is 0.00952 e. The second-order valence-electron chi connectivity index (χ2n) is 5.77. The van der Waals surface area contributed by atoms with Gasteiger partial charge in [0.2, 0.25) is 0 Å². The van der Waals surface area contributed by atoms with Crippen molar-refractivity contribution in [3.8, 4) is 0 Å². The SMILES string of the molecule is CCC(CC1CC1)N1CCCNC(C)CC1. The number of rotatable bonds is 4. The van der Waals surface area contributed by atoms with Crippen molar-refractivity contribution in [1.29, 1.82) is 0 Å². The van der Waals surface area contributed by atoms with Crippen LogP contribution in [0.2, 0.25) is 0 Å². The molecule has 2 aliphatic rings. The van der Waals surface area contributed by atoms with E-state index in [0.29, 0.717) is 6.04 Å². The van der Waals surface area contributed by atoms with Crippen molar-refractivity contribution in [2.24, 2.45) is 5.92 Å². The Morgan fingerprint density at radius 3 is 2.75 bits per heavy atom. The molecule has 2 heteroatoms. The number of nitrogens with one attached hydrogen (secondary N) is 1. The molecule has 0 aromatic carbocycles. The van der Waals surface area contributed by atoms with E-state index in [1.165, 1.54) is 58.2 Å². The van der Waals surface area contributed by atoms with Crippen molar-refractivity contribution in [2.75, 3.05) is 19.6 Å². The molecule has 2 fully saturated rings. The van der Waals surface area contributed by atoms with E-state index in [0.717, 1.165) is 12.0 Å². The predicted molar refractivity (Wildman–Crippen MR) is 69.7 cm³/mol. The zero-order chi connectivity index (χ0) is 11.4. The molecule has 16 heavy (non-hydrogen) atoms. The summed E-state index contributed by atoms with van der Waals surface area (Å²) in [7, 11) is 0. The molecule has 94 valence electrons. The van der Waals surface area contributed by atoms with Crippen LogP contribution >= 0.6 is 0 Å². The molecule has 1 aliphatic carbocycles. The largest absolute Gasteiger partial charge is 0.314 e. The van der Waals surface area contributed by atoms with Crippen LogP contribution in [0.3, 0.4) is 0 Å². The molecule has 0 amide bonds. The molecule has 1 aliphatic heterocycles. The van der Waals surface area contributed by atoms with Crippen molar-refractivity contribution in [2.45, 2.75) is 64.5 Å². The van der Waals surface area contributed by atoms with Gasteiger partial charge in [-0.2, -0.15) is 0 Å². The fraction of sp³-hybridized carbons (Fsp3) is 1.00. The Morgan fingerprint density at radius 1 is 1.25 bits per heavy atom. The van der Waals surface area contributed by atoms with Crippen molar-refractivity contribution < 1.29 is 0 Å². The first kappa shape index (κ1) is 12.4. The summed E-state index contributed by atoms with van der Waals surface area (Å²) < 4.78 is 0. The zero-order valence-electron chi connectivity index (χ0n) is 11.0. The Morgan fingerprint density at radius 2 is 2.06 bits per heavy atom. The summed E-state index contributed by atoms with van der Waals surface area (Å²) >= 11 is 0. The van der Waals surface area contributed by atoms with Crippen LogP contribution in [-0.4, -0.2) is 36.6 Å².